The molecule has 1 saturated heterocycles. The molecule has 0 radical (unpaired) electrons. The summed E-state index contributed by atoms with van der Waals surface area (Å²) in [6.45, 7) is 2.22. The van der Waals surface area contributed by atoms with Crippen LogP contribution in [0.2, 0.25) is 0 Å². The van der Waals surface area contributed by atoms with Gasteiger partial charge in [0.15, 0.2) is 6.29 Å². The van der Waals surface area contributed by atoms with Gasteiger partial charge in [-0.2, -0.15) is 0 Å². The molecule has 0 unspecified atom stereocenters. The van der Waals surface area contributed by atoms with Crippen LogP contribution >= 0.6 is 0 Å². The number of aliphatic hydroxyl groups excluding tert-OH is 3. The third kappa shape index (κ3) is 3.57. The van der Waals surface area contributed by atoms with Crippen molar-refractivity contribution in [3.8, 4) is 0 Å². The summed E-state index contributed by atoms with van der Waals surface area (Å²) in [5, 5.41) is 54.4. The molecule has 10 nitrogen and oxygen atoms in total. The minimum Gasteiger partial charge on any atom is -0.458 e. The van der Waals surface area contributed by atoms with Crippen LogP contribution in [-0.2, 0) is 23.8 Å². The molecule has 2 aliphatic heterocycles. The van der Waals surface area contributed by atoms with Crippen molar-refractivity contribution in [2.24, 2.45) is 28.6 Å². The fourth-order valence-electron chi connectivity index (χ4n) is 9.52. The summed E-state index contributed by atoms with van der Waals surface area (Å²) < 4.78 is 16.6. The lowest BCUT2D eigenvalue weighted by atomic mass is 9.41. The first-order valence-electron chi connectivity index (χ1n) is 14.1. The lowest BCUT2D eigenvalue weighted by Gasteiger charge is -2.65. The number of carbonyl (C=O) groups excluding carboxylic acids is 2. The van der Waals surface area contributed by atoms with E-state index in [0.29, 0.717) is 44.9 Å². The average molecular weight is 537 g/mol. The smallest absolute Gasteiger partial charge is 0.331 e. The molecule has 6 aliphatic rings. The van der Waals surface area contributed by atoms with E-state index in [1.54, 1.807) is 6.08 Å². The molecule has 38 heavy (non-hydrogen) atoms. The third-order valence-electron chi connectivity index (χ3n) is 11.6. The molecule has 0 aromatic carbocycles. The first-order chi connectivity index (χ1) is 18.0. The van der Waals surface area contributed by atoms with Crippen LogP contribution in [0.5, 0.6) is 0 Å². The van der Waals surface area contributed by atoms with Gasteiger partial charge in [0.2, 0.25) is 0 Å². The molecule has 0 aromatic rings. The Bertz CT molecular complexity index is 1020. The topological polar surface area (TPSA) is 163 Å². The molecule has 6 rings (SSSR count). The van der Waals surface area contributed by atoms with E-state index in [4.69, 9.17) is 14.2 Å². The van der Waals surface area contributed by atoms with E-state index in [9.17, 15) is 35.1 Å². The standard InChI is InChI=1S/C28H40O10/c1-25-6-3-18-19(28(25,35)9-5-17(25)15-10-21(31)36-12-15)4-8-27(34)11-16(2-7-26(18,27)14-29)38-24-23(33)22(32)20(30)13-37-24/h10,14,16-20,22-24,30,32-35H,2-9,11-13H2,1H3/t16-,17+,18-,19+,20-,22+,23-,24+,25+,26-,27-,28-/m0/s1. The molecule has 0 amide bonds. The first-order valence-corrected chi connectivity index (χ1v) is 14.1. The molecule has 0 aromatic heterocycles. The van der Waals surface area contributed by atoms with E-state index in [0.717, 1.165) is 18.3 Å². The van der Waals surface area contributed by atoms with Gasteiger partial charge < -0.3 is 44.5 Å². The first kappa shape index (κ1) is 26.8. The quantitative estimate of drug-likeness (QED) is 0.193. The fourth-order valence-corrected chi connectivity index (χ4v) is 9.52. The maximum absolute atomic E-state index is 12.9. The third-order valence-corrected chi connectivity index (χ3v) is 11.6. The number of hydrogen-bond donors (Lipinski definition) is 5. The number of ether oxygens (including phenoxy) is 3. The van der Waals surface area contributed by atoms with Crippen molar-refractivity contribution in [1.82, 2.24) is 0 Å². The molecule has 10 heteroatoms. The van der Waals surface area contributed by atoms with Gasteiger partial charge in [0.25, 0.3) is 0 Å². The van der Waals surface area contributed by atoms with E-state index in [1.165, 1.54) is 0 Å². The molecule has 4 aliphatic carbocycles. The van der Waals surface area contributed by atoms with Gasteiger partial charge in [-0.25, -0.2) is 4.79 Å². The van der Waals surface area contributed by atoms with Crippen LogP contribution in [0.15, 0.2) is 11.6 Å². The summed E-state index contributed by atoms with van der Waals surface area (Å²) in [4.78, 5) is 24.7. The lowest BCUT2D eigenvalue weighted by Crippen LogP contribution is -2.69. The number of fused-ring (bicyclic) bond motifs is 5. The highest BCUT2D eigenvalue weighted by atomic mass is 16.7. The number of carbonyl (C=O) groups is 2. The maximum atomic E-state index is 12.9. The zero-order valence-electron chi connectivity index (χ0n) is 21.8. The van der Waals surface area contributed by atoms with Crippen molar-refractivity contribution in [1.29, 1.82) is 0 Å². The van der Waals surface area contributed by atoms with E-state index in [-0.39, 0.29) is 43.4 Å². The molecular formula is C28H40O10. The molecular weight excluding hydrogens is 496 g/mol. The number of aliphatic hydroxyl groups is 5. The van der Waals surface area contributed by atoms with E-state index in [1.807, 2.05) is 0 Å². The van der Waals surface area contributed by atoms with Gasteiger partial charge >= 0.3 is 5.97 Å². The summed E-state index contributed by atoms with van der Waals surface area (Å²) in [5.74, 6) is -0.604. The largest absolute Gasteiger partial charge is 0.458 e. The number of rotatable bonds is 4. The number of aldehydes is 1. The van der Waals surface area contributed by atoms with Crippen molar-refractivity contribution in [2.75, 3.05) is 13.2 Å². The molecule has 12 atom stereocenters. The zero-order valence-corrected chi connectivity index (χ0v) is 21.8. The predicted molar refractivity (Wildman–Crippen MR) is 130 cm³/mol. The van der Waals surface area contributed by atoms with Gasteiger partial charge in [-0.3, -0.25) is 0 Å². The molecule has 0 spiro atoms. The van der Waals surface area contributed by atoms with Crippen LogP contribution in [-0.4, -0.2) is 92.9 Å². The molecule has 4 saturated carbocycles. The maximum Gasteiger partial charge on any atom is 0.331 e. The van der Waals surface area contributed by atoms with Gasteiger partial charge in [0.05, 0.1) is 29.3 Å². The van der Waals surface area contributed by atoms with Crippen molar-refractivity contribution >= 4 is 12.3 Å². The zero-order chi connectivity index (χ0) is 27.1. The lowest BCUT2D eigenvalue weighted by molar-refractivity contribution is -0.301. The Balaban J connectivity index is 1.22. The molecule has 2 heterocycles. The Kier molecular flexibility index (Phi) is 6.39. The number of cyclic esters (lactones) is 1. The molecule has 212 valence electrons. The molecule has 5 N–H and O–H groups in total. The van der Waals surface area contributed by atoms with Crippen molar-refractivity contribution in [3.63, 3.8) is 0 Å². The van der Waals surface area contributed by atoms with Gasteiger partial charge in [-0.15, -0.1) is 0 Å². The van der Waals surface area contributed by atoms with E-state index >= 15 is 0 Å². The second-order valence-corrected chi connectivity index (χ2v) is 13.0. The SMILES string of the molecule is C[C@]12CC[C@H]3[C@@H](CC[C@]4(O)C[C@@H](O[C@H]5OC[C@H](O)[C@@H](O)[C@@H]5O)CC[C@]34C=O)[C@@]1(O)CC[C@@H]2C1=CC(=O)OC1. The van der Waals surface area contributed by atoms with Gasteiger partial charge in [0, 0.05) is 17.9 Å². The average Bonchev–Trinajstić information content (AvgIpc) is 3.43. The monoisotopic (exact) mass is 536 g/mol. The summed E-state index contributed by atoms with van der Waals surface area (Å²) in [5.41, 5.74) is -2.83. The highest BCUT2D eigenvalue weighted by molar-refractivity contribution is 5.85. The fraction of sp³-hybridized carbons (Fsp3) is 0.857. The van der Waals surface area contributed by atoms with Crippen LogP contribution in [0.4, 0.5) is 0 Å². The summed E-state index contributed by atoms with van der Waals surface area (Å²) in [6.07, 6.45) is 1.56. The Morgan fingerprint density at radius 3 is 2.47 bits per heavy atom. The summed E-state index contributed by atoms with van der Waals surface area (Å²) in [6, 6.07) is 0. The van der Waals surface area contributed by atoms with Crippen molar-refractivity contribution in [3.05, 3.63) is 11.6 Å². The minimum absolute atomic E-state index is 0.0489. The van der Waals surface area contributed by atoms with Gasteiger partial charge in [-0.05, 0) is 74.7 Å². The van der Waals surface area contributed by atoms with E-state index < -0.39 is 52.7 Å². The van der Waals surface area contributed by atoms with E-state index in [2.05, 4.69) is 6.92 Å². The Labute approximate surface area is 222 Å². The summed E-state index contributed by atoms with van der Waals surface area (Å²) in [7, 11) is 0. The van der Waals surface area contributed by atoms with Gasteiger partial charge in [-0.1, -0.05) is 6.92 Å². The van der Waals surface area contributed by atoms with Crippen LogP contribution in [0.3, 0.4) is 0 Å². The predicted octanol–water partition coefficient (Wildman–Crippen LogP) is 0.362. The minimum atomic E-state index is -1.42. The highest BCUT2D eigenvalue weighted by Gasteiger charge is 2.71. The highest BCUT2D eigenvalue weighted by Crippen LogP contribution is 2.70. The Hall–Kier alpha value is -1.40. The van der Waals surface area contributed by atoms with Crippen LogP contribution in [0.25, 0.3) is 0 Å². The Morgan fingerprint density at radius 1 is 1.00 bits per heavy atom. The molecule has 0 bridgehead atoms. The van der Waals surface area contributed by atoms with Crippen LogP contribution < -0.4 is 0 Å². The summed E-state index contributed by atoms with van der Waals surface area (Å²) >= 11 is 0. The van der Waals surface area contributed by atoms with Crippen LogP contribution in [0, 0.1) is 28.6 Å². The van der Waals surface area contributed by atoms with Crippen molar-refractivity contribution < 1.29 is 49.3 Å². The number of esters is 1. The second-order valence-electron chi connectivity index (χ2n) is 13.0. The Morgan fingerprint density at radius 2 is 1.76 bits per heavy atom. The second kappa shape index (κ2) is 9.06. The van der Waals surface area contributed by atoms with Crippen LogP contribution in [0.1, 0.15) is 64.7 Å². The number of hydrogen-bond acceptors (Lipinski definition) is 10. The molecule has 5 fully saturated rings. The van der Waals surface area contributed by atoms with Gasteiger partial charge in [0.1, 0.15) is 31.2 Å². The van der Waals surface area contributed by atoms with Crippen molar-refractivity contribution in [2.45, 2.75) is 107 Å². The normalized spacial score (nSPS) is 54.4.